The lowest BCUT2D eigenvalue weighted by atomic mass is 10.0. The lowest BCUT2D eigenvalue weighted by Gasteiger charge is -2.31. The zero-order valence-electron chi connectivity index (χ0n) is 22.7. The van der Waals surface area contributed by atoms with E-state index in [1.807, 2.05) is 24.4 Å². The van der Waals surface area contributed by atoms with E-state index in [2.05, 4.69) is 26.6 Å². The SMILES string of the molecule is C=C1CCN(C(=O)[C@H](CCCc2nc[nH]c2C)NS(=O)(=O)c2cccc(-c3cccs3)c2NC(=O)CC)CC1.Cl. The molecule has 216 valence electrons. The Bertz CT molecular complexity index is 1430. The molecule has 4 rings (SSSR count). The molecule has 1 fully saturated rings. The molecule has 2 amide bonds. The van der Waals surface area contributed by atoms with Gasteiger partial charge >= 0.3 is 0 Å². The quantitative estimate of drug-likeness (QED) is 0.263. The summed E-state index contributed by atoms with van der Waals surface area (Å²) in [5, 5.41) is 4.69. The van der Waals surface area contributed by atoms with Crippen molar-refractivity contribution in [1.82, 2.24) is 19.6 Å². The van der Waals surface area contributed by atoms with E-state index >= 15 is 0 Å². The topological polar surface area (TPSA) is 124 Å². The maximum atomic E-state index is 13.9. The zero-order chi connectivity index (χ0) is 28.0. The molecule has 1 aliphatic heterocycles. The Labute approximate surface area is 245 Å². The summed E-state index contributed by atoms with van der Waals surface area (Å²) in [6.07, 6.45) is 4.72. The average Bonchev–Trinajstić information content (AvgIpc) is 3.60. The second kappa shape index (κ2) is 14.1. The molecule has 1 aliphatic rings. The van der Waals surface area contributed by atoms with Crippen LogP contribution in [0, 0.1) is 6.92 Å². The fourth-order valence-corrected chi connectivity index (χ4v) is 6.77. The number of carbonyl (C=O) groups is 2. The van der Waals surface area contributed by atoms with E-state index in [9.17, 15) is 18.0 Å². The van der Waals surface area contributed by atoms with Crippen LogP contribution in [0.4, 0.5) is 5.69 Å². The third kappa shape index (κ3) is 7.60. The van der Waals surface area contributed by atoms with Crippen LogP contribution >= 0.6 is 23.7 Å². The first-order valence-electron chi connectivity index (χ1n) is 13.1. The predicted octanol–water partition coefficient (Wildman–Crippen LogP) is 5.07. The summed E-state index contributed by atoms with van der Waals surface area (Å²) in [7, 11) is -4.19. The number of imidazole rings is 1. The number of thiophene rings is 1. The molecule has 0 bridgehead atoms. The van der Waals surface area contributed by atoms with Gasteiger partial charge in [-0.15, -0.1) is 23.7 Å². The number of hydrogen-bond acceptors (Lipinski definition) is 6. The van der Waals surface area contributed by atoms with Crippen LogP contribution in [0.15, 0.2) is 59.1 Å². The van der Waals surface area contributed by atoms with Crippen molar-refractivity contribution in [1.29, 1.82) is 0 Å². The number of sulfonamides is 1. The second-order valence-electron chi connectivity index (χ2n) is 9.67. The summed E-state index contributed by atoms with van der Waals surface area (Å²) in [6.45, 7) is 8.68. The average molecular weight is 606 g/mol. The molecule has 3 aromatic rings. The lowest BCUT2D eigenvalue weighted by molar-refractivity contribution is -0.133. The van der Waals surface area contributed by atoms with Crippen molar-refractivity contribution in [2.45, 2.75) is 63.3 Å². The number of nitrogens with one attached hydrogen (secondary N) is 3. The highest BCUT2D eigenvalue weighted by molar-refractivity contribution is 7.89. The number of aromatic nitrogens is 2. The number of likely N-dealkylation sites (tertiary alicyclic amines) is 1. The van der Waals surface area contributed by atoms with Crippen molar-refractivity contribution < 1.29 is 18.0 Å². The minimum absolute atomic E-state index is 0. The molecule has 0 aliphatic carbocycles. The van der Waals surface area contributed by atoms with Crippen molar-refractivity contribution in [2.24, 2.45) is 0 Å². The monoisotopic (exact) mass is 605 g/mol. The van der Waals surface area contributed by atoms with Gasteiger partial charge in [0.05, 0.1) is 17.7 Å². The van der Waals surface area contributed by atoms with Crippen LogP contribution in [0.2, 0.25) is 0 Å². The standard InChI is InChI=1S/C28H35N5O4S2.ClH/c1-4-26(34)31-27-21(24-11-7-17-38-24)8-5-12-25(27)39(36,37)32-23(10-6-9-22-20(3)29-18-30-22)28(35)33-15-13-19(2)14-16-33;/h5,7-8,11-12,17-18,23,32H,2,4,6,9-10,13-16H2,1,3H3,(H,29,30)(H,31,34);1H/t23-;/m0./s1. The number of nitrogens with zero attached hydrogens (tertiary/aromatic N) is 2. The molecule has 0 unspecified atom stereocenters. The van der Waals surface area contributed by atoms with E-state index in [0.717, 1.165) is 21.8 Å². The number of benzene rings is 1. The number of H-pyrrole nitrogens is 1. The molecular weight excluding hydrogens is 570 g/mol. The van der Waals surface area contributed by atoms with E-state index in [1.165, 1.54) is 17.4 Å². The van der Waals surface area contributed by atoms with Gasteiger partial charge in [-0.3, -0.25) is 9.59 Å². The van der Waals surface area contributed by atoms with E-state index in [1.54, 1.807) is 30.3 Å². The smallest absolute Gasteiger partial charge is 0.243 e. The molecular formula is C28H36ClN5O4S2. The van der Waals surface area contributed by atoms with Gasteiger partial charge in [-0.2, -0.15) is 4.72 Å². The Hall–Kier alpha value is -2.99. The summed E-state index contributed by atoms with van der Waals surface area (Å²) in [5.41, 5.74) is 3.76. The van der Waals surface area contributed by atoms with Gasteiger partial charge in [-0.1, -0.05) is 37.3 Å². The van der Waals surface area contributed by atoms with E-state index in [0.29, 0.717) is 50.8 Å². The first-order chi connectivity index (χ1) is 18.7. The van der Waals surface area contributed by atoms with Crippen molar-refractivity contribution in [3.05, 3.63) is 65.6 Å². The van der Waals surface area contributed by atoms with Crippen molar-refractivity contribution in [2.75, 3.05) is 18.4 Å². The number of anilines is 1. The fraction of sp³-hybridized carbons (Fsp3) is 0.393. The lowest BCUT2D eigenvalue weighted by Crippen LogP contribution is -2.50. The first kappa shape index (κ1) is 31.5. The maximum absolute atomic E-state index is 13.9. The van der Waals surface area contributed by atoms with Crippen LogP contribution in [0.5, 0.6) is 0 Å². The number of rotatable bonds is 11. The number of aryl methyl sites for hydroxylation is 2. The van der Waals surface area contributed by atoms with E-state index < -0.39 is 16.1 Å². The third-order valence-electron chi connectivity index (χ3n) is 6.91. The molecule has 9 nitrogen and oxygen atoms in total. The van der Waals surface area contributed by atoms with Gasteiger partial charge in [0.25, 0.3) is 0 Å². The molecule has 12 heteroatoms. The van der Waals surface area contributed by atoms with Crippen LogP contribution in [0.1, 0.15) is 50.4 Å². The van der Waals surface area contributed by atoms with Gasteiger partial charge in [0, 0.05) is 35.6 Å². The number of carbonyl (C=O) groups excluding carboxylic acids is 2. The number of piperidine rings is 1. The van der Waals surface area contributed by atoms with Crippen LogP contribution in [0.25, 0.3) is 10.4 Å². The Morgan fingerprint density at radius 1 is 1.20 bits per heavy atom. The van der Waals surface area contributed by atoms with Crippen LogP contribution in [-0.2, 0) is 26.0 Å². The second-order valence-corrected chi connectivity index (χ2v) is 12.3. The Balaban J connectivity index is 0.00000441. The first-order valence-corrected chi connectivity index (χ1v) is 15.5. The molecule has 0 spiro atoms. The minimum atomic E-state index is -4.19. The van der Waals surface area contributed by atoms with Crippen LogP contribution in [0.3, 0.4) is 0 Å². The number of amides is 2. The van der Waals surface area contributed by atoms with Gasteiger partial charge in [-0.25, -0.2) is 13.4 Å². The summed E-state index contributed by atoms with van der Waals surface area (Å²) >= 11 is 1.45. The van der Waals surface area contributed by atoms with Crippen LogP contribution < -0.4 is 10.0 Å². The molecule has 1 atom stereocenters. The zero-order valence-corrected chi connectivity index (χ0v) is 25.2. The van der Waals surface area contributed by atoms with Gasteiger partial charge in [0.1, 0.15) is 10.9 Å². The molecule has 3 heterocycles. The normalized spacial score (nSPS) is 14.4. The number of aromatic amines is 1. The molecule has 2 aromatic heterocycles. The highest BCUT2D eigenvalue weighted by Crippen LogP contribution is 2.36. The molecule has 1 aromatic carbocycles. The summed E-state index contributed by atoms with van der Waals surface area (Å²) in [6, 6.07) is 7.68. The summed E-state index contributed by atoms with van der Waals surface area (Å²) in [4.78, 5) is 35.9. The number of hydrogen-bond donors (Lipinski definition) is 3. The largest absolute Gasteiger partial charge is 0.348 e. The Morgan fingerprint density at radius 2 is 1.95 bits per heavy atom. The van der Waals surface area contributed by atoms with Gasteiger partial charge in [-0.05, 0) is 56.5 Å². The fourth-order valence-electron chi connectivity index (χ4n) is 4.61. The number of para-hydroxylation sites is 1. The van der Waals surface area contributed by atoms with E-state index in [4.69, 9.17) is 0 Å². The van der Waals surface area contributed by atoms with Crippen molar-refractivity contribution >= 4 is 51.3 Å². The molecule has 40 heavy (non-hydrogen) atoms. The summed E-state index contributed by atoms with van der Waals surface area (Å²) in [5.74, 6) is -0.551. The number of halogens is 1. The highest BCUT2D eigenvalue weighted by Gasteiger charge is 2.32. The van der Waals surface area contributed by atoms with Crippen molar-refractivity contribution in [3.8, 4) is 10.4 Å². The van der Waals surface area contributed by atoms with Crippen LogP contribution in [-0.4, -0.2) is 54.2 Å². The molecule has 0 radical (unpaired) electrons. The van der Waals surface area contributed by atoms with Gasteiger partial charge < -0.3 is 15.2 Å². The molecule has 1 saturated heterocycles. The molecule has 0 saturated carbocycles. The third-order valence-corrected chi connectivity index (χ3v) is 9.32. The van der Waals surface area contributed by atoms with E-state index in [-0.39, 0.29) is 41.2 Å². The Morgan fingerprint density at radius 3 is 2.58 bits per heavy atom. The van der Waals surface area contributed by atoms with Crippen molar-refractivity contribution in [3.63, 3.8) is 0 Å². The Kier molecular flexibility index (Phi) is 11.1. The highest BCUT2D eigenvalue weighted by atomic mass is 35.5. The van der Waals surface area contributed by atoms with Gasteiger partial charge in [0.15, 0.2) is 0 Å². The predicted molar refractivity (Wildman–Crippen MR) is 161 cm³/mol. The van der Waals surface area contributed by atoms with Gasteiger partial charge in [0.2, 0.25) is 21.8 Å². The molecule has 3 N–H and O–H groups in total. The summed E-state index contributed by atoms with van der Waals surface area (Å²) < 4.78 is 30.5. The minimum Gasteiger partial charge on any atom is -0.348 e. The maximum Gasteiger partial charge on any atom is 0.243 e.